The van der Waals surface area contributed by atoms with E-state index in [9.17, 15) is 19.5 Å². The number of carboxylic acids is 1. The molecule has 4 rings (SSSR count). The minimum absolute atomic E-state index is 0.133. The van der Waals surface area contributed by atoms with Crippen molar-refractivity contribution in [2.75, 3.05) is 19.7 Å². The third-order valence-electron chi connectivity index (χ3n) is 5.61. The van der Waals surface area contributed by atoms with Gasteiger partial charge in [0.1, 0.15) is 5.72 Å². The van der Waals surface area contributed by atoms with Gasteiger partial charge in [-0.1, -0.05) is 17.7 Å². The summed E-state index contributed by atoms with van der Waals surface area (Å²) in [5.74, 6) is -1.76. The molecule has 8 heteroatoms. The van der Waals surface area contributed by atoms with Crippen molar-refractivity contribution in [3.8, 4) is 0 Å². The molecule has 2 aliphatic heterocycles. The maximum atomic E-state index is 13.2. The van der Waals surface area contributed by atoms with E-state index in [1.165, 1.54) is 11.2 Å². The molecule has 2 fully saturated rings. The highest BCUT2D eigenvalue weighted by atomic mass is 16.5. The first-order valence-electron chi connectivity index (χ1n) is 9.49. The lowest BCUT2D eigenvalue weighted by molar-refractivity contribution is -0.310. The van der Waals surface area contributed by atoms with Crippen molar-refractivity contribution in [1.29, 1.82) is 0 Å². The molecule has 29 heavy (non-hydrogen) atoms. The Morgan fingerprint density at radius 2 is 1.76 bits per heavy atom. The number of amides is 2. The van der Waals surface area contributed by atoms with Gasteiger partial charge in [-0.2, -0.15) is 0 Å². The van der Waals surface area contributed by atoms with Crippen LogP contribution in [0.15, 0.2) is 47.1 Å². The number of carboxylic acid groups (broad SMARTS) is 1. The topological polar surface area (TPSA) is 103 Å². The number of hydrogen-bond acceptors (Lipinski definition) is 6. The summed E-state index contributed by atoms with van der Waals surface area (Å²) in [7, 11) is 0. The van der Waals surface area contributed by atoms with Gasteiger partial charge in [-0.3, -0.25) is 14.5 Å². The van der Waals surface area contributed by atoms with Crippen molar-refractivity contribution in [3.63, 3.8) is 0 Å². The van der Waals surface area contributed by atoms with Crippen LogP contribution in [-0.4, -0.2) is 59.0 Å². The normalized spacial score (nSPS) is 20.8. The number of benzene rings is 1. The number of nitrogens with zero attached hydrogens (tertiary/aromatic N) is 2. The van der Waals surface area contributed by atoms with E-state index in [1.54, 1.807) is 41.3 Å². The molecule has 3 heterocycles. The molecule has 2 amide bonds. The van der Waals surface area contributed by atoms with Crippen LogP contribution in [0.2, 0.25) is 0 Å². The van der Waals surface area contributed by atoms with Gasteiger partial charge in [0.2, 0.25) is 0 Å². The number of piperidine rings is 1. The van der Waals surface area contributed by atoms with Crippen LogP contribution in [-0.2, 0) is 9.53 Å². The highest BCUT2D eigenvalue weighted by Gasteiger charge is 2.52. The fraction of sp³-hybridized carbons (Fsp3) is 0.381. The summed E-state index contributed by atoms with van der Waals surface area (Å²) in [5.41, 5.74) is 0.308. The minimum Gasteiger partial charge on any atom is -0.548 e. The first-order chi connectivity index (χ1) is 13.9. The van der Waals surface area contributed by atoms with Gasteiger partial charge in [-0.05, 0) is 31.2 Å². The molecule has 152 valence electrons. The molecule has 0 saturated carbocycles. The number of aliphatic carboxylic acids is 1. The van der Waals surface area contributed by atoms with Gasteiger partial charge in [-0.25, -0.2) is 0 Å². The Kier molecular flexibility index (Phi) is 4.87. The van der Waals surface area contributed by atoms with Crippen LogP contribution in [0.25, 0.3) is 0 Å². The van der Waals surface area contributed by atoms with E-state index >= 15 is 0 Å². The molecule has 0 aliphatic carbocycles. The van der Waals surface area contributed by atoms with E-state index in [0.29, 0.717) is 31.5 Å². The van der Waals surface area contributed by atoms with Crippen LogP contribution in [0.5, 0.6) is 0 Å². The molecule has 0 N–H and O–H groups in total. The van der Waals surface area contributed by atoms with E-state index in [0.717, 1.165) is 5.56 Å². The quantitative estimate of drug-likeness (QED) is 0.759. The molecule has 1 aromatic carbocycles. The molecule has 2 saturated heterocycles. The SMILES string of the molecule is Cc1ccc(C(=O)N2[C@@H](C(=O)[O-])COC23CCN(C(=O)c2ccco2)CC3)cc1. The maximum absolute atomic E-state index is 13.2. The number of rotatable bonds is 3. The van der Waals surface area contributed by atoms with Gasteiger partial charge in [0, 0.05) is 31.5 Å². The van der Waals surface area contributed by atoms with Crippen LogP contribution in [0.1, 0.15) is 39.3 Å². The molecule has 0 bridgehead atoms. The number of carbonyl (C=O) groups excluding carboxylic acids is 3. The lowest BCUT2D eigenvalue weighted by Crippen LogP contribution is -2.60. The van der Waals surface area contributed by atoms with Crippen molar-refractivity contribution < 1.29 is 28.6 Å². The second-order valence-corrected chi connectivity index (χ2v) is 7.40. The van der Waals surface area contributed by atoms with Crippen molar-refractivity contribution in [3.05, 3.63) is 59.5 Å². The Morgan fingerprint density at radius 3 is 2.34 bits per heavy atom. The van der Waals surface area contributed by atoms with E-state index in [1.807, 2.05) is 6.92 Å². The molecular formula is C21H21N2O6-. The van der Waals surface area contributed by atoms with Gasteiger partial charge in [0.25, 0.3) is 11.8 Å². The van der Waals surface area contributed by atoms with Crippen LogP contribution in [0, 0.1) is 6.92 Å². The lowest BCUT2D eigenvalue weighted by atomic mass is 9.96. The molecule has 1 aromatic heterocycles. The highest BCUT2D eigenvalue weighted by molar-refractivity contribution is 5.97. The van der Waals surface area contributed by atoms with Crippen molar-refractivity contribution in [2.24, 2.45) is 0 Å². The van der Waals surface area contributed by atoms with Crippen LogP contribution < -0.4 is 5.11 Å². The van der Waals surface area contributed by atoms with Gasteiger partial charge < -0.3 is 24.0 Å². The van der Waals surface area contributed by atoms with Crippen LogP contribution >= 0.6 is 0 Å². The fourth-order valence-electron chi connectivity index (χ4n) is 4.00. The summed E-state index contributed by atoms with van der Waals surface area (Å²) in [5, 5.41) is 11.7. The second-order valence-electron chi connectivity index (χ2n) is 7.40. The number of hydrogen-bond donors (Lipinski definition) is 0. The minimum atomic E-state index is -1.35. The third kappa shape index (κ3) is 3.40. The summed E-state index contributed by atoms with van der Waals surface area (Å²) < 4.78 is 11.0. The number of likely N-dealkylation sites (tertiary alicyclic amines) is 1. The molecule has 1 spiro atoms. The molecule has 1 atom stereocenters. The third-order valence-corrected chi connectivity index (χ3v) is 5.61. The zero-order chi connectivity index (χ0) is 20.6. The Morgan fingerprint density at radius 1 is 1.07 bits per heavy atom. The van der Waals surface area contributed by atoms with Crippen molar-refractivity contribution in [1.82, 2.24) is 9.80 Å². The summed E-state index contributed by atoms with van der Waals surface area (Å²) in [6.45, 7) is 2.41. The highest BCUT2D eigenvalue weighted by Crippen LogP contribution is 2.38. The summed E-state index contributed by atoms with van der Waals surface area (Å²) >= 11 is 0. The standard InChI is InChI=1S/C21H22N2O6/c1-14-4-6-15(7-5-14)18(24)23-16(20(26)27)13-29-21(23)8-10-22(11-9-21)19(25)17-3-2-12-28-17/h2-7,12,16H,8-11,13H2,1H3,(H,26,27)/p-1/t16-/m1/s1. The molecule has 2 aliphatic rings. The summed E-state index contributed by atoms with van der Waals surface area (Å²) in [6.07, 6.45) is 2.05. The van der Waals surface area contributed by atoms with E-state index < -0.39 is 23.6 Å². The van der Waals surface area contributed by atoms with Crippen LogP contribution in [0.4, 0.5) is 0 Å². The first-order valence-corrected chi connectivity index (χ1v) is 9.49. The predicted octanol–water partition coefficient (Wildman–Crippen LogP) is 0.811. The van der Waals surface area contributed by atoms with Gasteiger partial charge in [0.15, 0.2) is 5.76 Å². The Balaban J connectivity index is 1.57. The van der Waals surface area contributed by atoms with Gasteiger partial charge in [-0.15, -0.1) is 0 Å². The van der Waals surface area contributed by atoms with Crippen LogP contribution in [0.3, 0.4) is 0 Å². The Bertz CT molecular complexity index is 913. The van der Waals surface area contributed by atoms with Gasteiger partial charge >= 0.3 is 0 Å². The lowest BCUT2D eigenvalue weighted by Gasteiger charge is -2.44. The largest absolute Gasteiger partial charge is 0.548 e. The zero-order valence-corrected chi connectivity index (χ0v) is 16.0. The zero-order valence-electron chi connectivity index (χ0n) is 16.0. The van der Waals surface area contributed by atoms with Crippen molar-refractivity contribution >= 4 is 17.8 Å². The average Bonchev–Trinajstić information content (AvgIpc) is 3.37. The smallest absolute Gasteiger partial charge is 0.289 e. The van der Waals surface area contributed by atoms with Gasteiger partial charge in [0.05, 0.1) is 24.9 Å². The second kappa shape index (κ2) is 7.36. The van der Waals surface area contributed by atoms with E-state index in [4.69, 9.17) is 9.15 Å². The fourth-order valence-corrected chi connectivity index (χ4v) is 4.00. The van der Waals surface area contributed by atoms with E-state index in [2.05, 4.69) is 0 Å². The molecular weight excluding hydrogens is 376 g/mol. The Labute approximate surface area is 167 Å². The summed E-state index contributed by atoms with van der Waals surface area (Å²) in [6, 6.07) is 9.02. The molecule has 0 radical (unpaired) electrons. The number of carbonyl (C=O) groups is 3. The average molecular weight is 397 g/mol. The monoisotopic (exact) mass is 397 g/mol. The number of aryl methyl sites for hydroxylation is 1. The first kappa shape index (κ1) is 19.2. The summed E-state index contributed by atoms with van der Waals surface area (Å²) in [4.78, 5) is 40.3. The number of furan rings is 1. The predicted molar refractivity (Wildman–Crippen MR) is 98.7 cm³/mol. The molecule has 2 aromatic rings. The Hall–Kier alpha value is -3.13. The molecule has 8 nitrogen and oxygen atoms in total. The maximum Gasteiger partial charge on any atom is 0.289 e. The van der Waals surface area contributed by atoms with Crippen molar-refractivity contribution in [2.45, 2.75) is 31.5 Å². The molecule has 0 unspecified atom stereocenters. The van der Waals surface area contributed by atoms with E-state index in [-0.39, 0.29) is 18.3 Å². The number of ether oxygens (including phenoxy) is 1.